The first-order valence-electron chi connectivity index (χ1n) is 6.96. The van der Waals surface area contributed by atoms with E-state index in [1.54, 1.807) is 0 Å². The summed E-state index contributed by atoms with van der Waals surface area (Å²) in [6.45, 7) is 1.99. The monoisotopic (exact) mass is 313 g/mol. The van der Waals surface area contributed by atoms with Gasteiger partial charge in [0.25, 0.3) is 5.24 Å². The van der Waals surface area contributed by atoms with Crippen molar-refractivity contribution < 1.29 is 14.3 Å². The highest BCUT2D eigenvalue weighted by molar-refractivity contribution is 8.15. The Kier molecular flexibility index (Phi) is 4.15. The number of nitrogens with one attached hydrogen (secondary N) is 1. The second-order valence-electron chi connectivity index (χ2n) is 5.01. The minimum absolute atomic E-state index is 0.0576. The van der Waals surface area contributed by atoms with Gasteiger partial charge in [-0.15, -0.1) is 0 Å². The van der Waals surface area contributed by atoms with Crippen LogP contribution in [0, 0.1) is 0 Å². The molecule has 2 unspecified atom stereocenters. The van der Waals surface area contributed by atoms with Crippen LogP contribution in [0.4, 0.5) is 4.79 Å². The third-order valence-electron chi connectivity index (χ3n) is 3.45. The lowest BCUT2D eigenvalue weighted by Gasteiger charge is -2.15. The summed E-state index contributed by atoms with van der Waals surface area (Å²) < 4.78 is 5.89. The fourth-order valence-corrected chi connectivity index (χ4v) is 3.13. The lowest BCUT2D eigenvalue weighted by molar-refractivity contribution is -0.119. The van der Waals surface area contributed by atoms with Gasteiger partial charge in [-0.05, 0) is 41.9 Å². The van der Waals surface area contributed by atoms with Crippen molar-refractivity contribution in [3.8, 4) is 5.75 Å². The lowest BCUT2D eigenvalue weighted by atomic mass is 10.1. The Balaban J connectivity index is 1.69. The van der Waals surface area contributed by atoms with E-state index in [0.29, 0.717) is 0 Å². The molecule has 2 amide bonds. The molecule has 5 heteroatoms. The van der Waals surface area contributed by atoms with Gasteiger partial charge in [-0.3, -0.25) is 14.9 Å². The second-order valence-corrected chi connectivity index (χ2v) is 6.09. The molecule has 0 aromatic heterocycles. The third-order valence-corrected chi connectivity index (χ3v) is 4.49. The van der Waals surface area contributed by atoms with Gasteiger partial charge in [0.2, 0.25) is 5.91 Å². The standard InChI is InChI=1S/C17H15NO3S/c1-11(12-5-3-2-4-6-12)21-14-9-7-13(8-10-14)15-16(19)18-17(20)22-15/h2-11,15H,1H3,(H,18,19,20). The highest BCUT2D eigenvalue weighted by Gasteiger charge is 2.32. The Bertz CT molecular complexity index is 685. The zero-order chi connectivity index (χ0) is 15.5. The van der Waals surface area contributed by atoms with Crippen LogP contribution in [0.25, 0.3) is 0 Å². The predicted molar refractivity (Wildman–Crippen MR) is 85.8 cm³/mol. The van der Waals surface area contributed by atoms with Gasteiger partial charge in [-0.25, -0.2) is 0 Å². The molecule has 112 valence electrons. The van der Waals surface area contributed by atoms with Crippen LogP contribution in [0.2, 0.25) is 0 Å². The van der Waals surface area contributed by atoms with Gasteiger partial charge in [-0.2, -0.15) is 0 Å². The van der Waals surface area contributed by atoms with Crippen LogP contribution in [0.15, 0.2) is 54.6 Å². The fourth-order valence-electron chi connectivity index (χ4n) is 2.29. The molecule has 1 aliphatic rings. The van der Waals surface area contributed by atoms with Crippen molar-refractivity contribution in [2.45, 2.75) is 18.3 Å². The number of hydrogen-bond acceptors (Lipinski definition) is 4. The minimum atomic E-state index is -0.465. The Morgan fingerprint density at radius 3 is 2.32 bits per heavy atom. The van der Waals surface area contributed by atoms with Crippen molar-refractivity contribution in [3.05, 3.63) is 65.7 Å². The van der Waals surface area contributed by atoms with E-state index in [2.05, 4.69) is 5.32 Å². The van der Waals surface area contributed by atoms with Crippen LogP contribution >= 0.6 is 11.8 Å². The largest absolute Gasteiger partial charge is 0.486 e. The number of benzene rings is 2. The van der Waals surface area contributed by atoms with Gasteiger partial charge in [0.05, 0.1) is 0 Å². The van der Waals surface area contributed by atoms with E-state index >= 15 is 0 Å². The van der Waals surface area contributed by atoms with E-state index in [4.69, 9.17) is 4.74 Å². The van der Waals surface area contributed by atoms with Crippen molar-refractivity contribution in [1.29, 1.82) is 0 Å². The molecule has 1 aliphatic heterocycles. The van der Waals surface area contributed by atoms with Crippen molar-refractivity contribution in [2.75, 3.05) is 0 Å². The van der Waals surface area contributed by atoms with Gasteiger partial charge in [0.15, 0.2) is 0 Å². The molecular weight excluding hydrogens is 298 g/mol. The van der Waals surface area contributed by atoms with Crippen molar-refractivity contribution in [3.63, 3.8) is 0 Å². The van der Waals surface area contributed by atoms with E-state index < -0.39 is 5.25 Å². The number of rotatable bonds is 4. The number of hydrogen-bond donors (Lipinski definition) is 1. The molecule has 1 fully saturated rings. The number of imide groups is 1. The first-order chi connectivity index (χ1) is 10.6. The summed E-state index contributed by atoms with van der Waals surface area (Å²) in [7, 11) is 0. The Morgan fingerprint density at radius 1 is 1.05 bits per heavy atom. The first kappa shape index (κ1) is 14.7. The highest BCUT2D eigenvalue weighted by Crippen LogP contribution is 2.35. The second kappa shape index (κ2) is 6.23. The molecule has 1 saturated heterocycles. The van der Waals surface area contributed by atoms with Crippen molar-refractivity contribution in [2.24, 2.45) is 0 Å². The Labute approximate surface area is 132 Å². The maximum Gasteiger partial charge on any atom is 0.286 e. The van der Waals surface area contributed by atoms with E-state index in [1.165, 1.54) is 0 Å². The van der Waals surface area contributed by atoms with E-state index in [0.717, 1.165) is 28.6 Å². The summed E-state index contributed by atoms with van der Waals surface area (Å²) in [6, 6.07) is 17.3. The minimum Gasteiger partial charge on any atom is -0.486 e. The molecule has 2 atom stereocenters. The first-order valence-corrected chi connectivity index (χ1v) is 7.84. The number of carbonyl (C=O) groups excluding carboxylic acids is 2. The zero-order valence-corrected chi connectivity index (χ0v) is 12.8. The smallest absolute Gasteiger partial charge is 0.286 e. The molecule has 3 rings (SSSR count). The van der Waals surface area contributed by atoms with Crippen molar-refractivity contribution in [1.82, 2.24) is 5.32 Å². The highest BCUT2D eigenvalue weighted by atomic mass is 32.2. The average Bonchev–Trinajstić information content (AvgIpc) is 2.87. The summed E-state index contributed by atoms with van der Waals surface area (Å²) in [6.07, 6.45) is -0.0576. The van der Waals surface area contributed by atoms with E-state index in [-0.39, 0.29) is 17.3 Å². The molecule has 1 N–H and O–H groups in total. The quantitative estimate of drug-likeness (QED) is 0.931. The molecule has 0 bridgehead atoms. The van der Waals surface area contributed by atoms with Gasteiger partial charge < -0.3 is 4.74 Å². The number of amides is 2. The summed E-state index contributed by atoms with van der Waals surface area (Å²) in [5.74, 6) is 0.469. The summed E-state index contributed by atoms with van der Waals surface area (Å²) in [5, 5.41) is 1.52. The molecule has 0 radical (unpaired) electrons. The summed E-state index contributed by atoms with van der Waals surface area (Å²) in [5.41, 5.74) is 1.90. The maximum atomic E-state index is 11.6. The SMILES string of the molecule is CC(Oc1ccc(C2SC(=O)NC2=O)cc1)c1ccccc1. The molecular formula is C17H15NO3S. The normalized spacial score (nSPS) is 18.9. The molecule has 2 aromatic carbocycles. The van der Waals surface area contributed by atoms with Gasteiger partial charge in [-0.1, -0.05) is 42.5 Å². The van der Waals surface area contributed by atoms with E-state index in [9.17, 15) is 9.59 Å². The van der Waals surface area contributed by atoms with Gasteiger partial charge >= 0.3 is 0 Å². The average molecular weight is 313 g/mol. The van der Waals surface area contributed by atoms with Crippen LogP contribution in [-0.4, -0.2) is 11.1 Å². The topological polar surface area (TPSA) is 55.4 Å². The summed E-state index contributed by atoms with van der Waals surface area (Å²) in [4.78, 5) is 22.9. The summed E-state index contributed by atoms with van der Waals surface area (Å²) >= 11 is 1.00. The van der Waals surface area contributed by atoms with Crippen molar-refractivity contribution >= 4 is 22.9 Å². The molecule has 0 saturated carbocycles. The molecule has 1 heterocycles. The van der Waals surface area contributed by atoms with Crippen LogP contribution in [0.1, 0.15) is 29.4 Å². The molecule has 0 aliphatic carbocycles. The third kappa shape index (κ3) is 3.14. The lowest BCUT2D eigenvalue weighted by Crippen LogP contribution is -2.20. The zero-order valence-electron chi connectivity index (χ0n) is 12.0. The Morgan fingerprint density at radius 2 is 1.73 bits per heavy atom. The fraction of sp³-hybridized carbons (Fsp3) is 0.176. The van der Waals surface area contributed by atoms with Gasteiger partial charge in [0.1, 0.15) is 17.1 Å². The van der Waals surface area contributed by atoms with Crippen LogP contribution < -0.4 is 10.1 Å². The molecule has 22 heavy (non-hydrogen) atoms. The molecule has 2 aromatic rings. The van der Waals surface area contributed by atoms with Gasteiger partial charge in [0, 0.05) is 0 Å². The number of carbonyl (C=O) groups is 2. The number of thioether (sulfide) groups is 1. The van der Waals surface area contributed by atoms with E-state index in [1.807, 2.05) is 61.5 Å². The van der Waals surface area contributed by atoms with Crippen LogP contribution in [0.3, 0.4) is 0 Å². The maximum absolute atomic E-state index is 11.6. The number of ether oxygens (including phenoxy) is 1. The van der Waals surface area contributed by atoms with Crippen LogP contribution in [-0.2, 0) is 4.79 Å². The van der Waals surface area contributed by atoms with Crippen LogP contribution in [0.5, 0.6) is 5.75 Å². The molecule has 4 nitrogen and oxygen atoms in total. The molecule has 0 spiro atoms. The Hall–Kier alpha value is -2.27. The predicted octanol–water partition coefficient (Wildman–Crippen LogP) is 3.85.